The lowest BCUT2D eigenvalue weighted by atomic mass is 9.97. The van der Waals surface area contributed by atoms with Crippen molar-refractivity contribution in [2.24, 2.45) is 5.92 Å². The minimum Gasteiger partial charge on any atom is -0.379 e. The normalized spacial score (nSPS) is 25.9. The van der Waals surface area contributed by atoms with Crippen LogP contribution in [0.15, 0.2) is 6.20 Å². The topological polar surface area (TPSA) is 54.6 Å². The second-order valence-corrected chi connectivity index (χ2v) is 6.97. The lowest BCUT2D eigenvalue weighted by molar-refractivity contribution is 0.0225. The Hall–Kier alpha value is -0.690. The zero-order valence-corrected chi connectivity index (χ0v) is 12.8. The molecule has 0 unspecified atom stereocenters. The number of nitrogens with zero attached hydrogens (tertiary/aromatic N) is 3. The first-order valence-electron chi connectivity index (χ1n) is 7.52. The summed E-state index contributed by atoms with van der Waals surface area (Å²) >= 11 is 1.62. The molecule has 2 aliphatic heterocycles. The molecule has 2 aliphatic rings. The molecule has 20 heavy (non-hydrogen) atoms. The average molecular weight is 296 g/mol. The van der Waals surface area contributed by atoms with E-state index in [1.54, 1.807) is 11.3 Å². The summed E-state index contributed by atoms with van der Waals surface area (Å²) in [6, 6.07) is 0. The molecule has 112 valence electrons. The van der Waals surface area contributed by atoms with Gasteiger partial charge in [-0.1, -0.05) is 0 Å². The van der Waals surface area contributed by atoms with Crippen LogP contribution in [0.2, 0.25) is 0 Å². The molecule has 3 rings (SSSR count). The summed E-state index contributed by atoms with van der Waals surface area (Å²) in [6.45, 7) is 8.64. The van der Waals surface area contributed by atoms with Crippen LogP contribution < -0.4 is 5.73 Å². The molecule has 0 aromatic carbocycles. The van der Waals surface area contributed by atoms with E-state index in [-0.39, 0.29) is 0 Å². The van der Waals surface area contributed by atoms with Crippen LogP contribution in [0.1, 0.15) is 17.7 Å². The zero-order valence-electron chi connectivity index (χ0n) is 12.0. The van der Waals surface area contributed by atoms with Crippen LogP contribution in [0.3, 0.4) is 0 Å². The van der Waals surface area contributed by atoms with Gasteiger partial charge in [-0.25, -0.2) is 4.98 Å². The van der Waals surface area contributed by atoms with Crippen molar-refractivity contribution in [1.29, 1.82) is 0 Å². The highest BCUT2D eigenvalue weighted by Crippen LogP contribution is 2.22. The standard InChI is InChI=1S/C14H24N4OS/c15-14-16-8-13(20-14)11-18-3-1-2-12(10-18)9-17-4-6-19-7-5-17/h8,12H,1-7,9-11H2,(H2,15,16)/t12-/m0/s1. The molecule has 1 atom stereocenters. The Labute approximate surface area is 124 Å². The van der Waals surface area contributed by atoms with Crippen molar-refractivity contribution in [2.75, 3.05) is 51.7 Å². The first-order chi connectivity index (χ1) is 9.79. The third kappa shape index (κ3) is 3.91. The number of nitrogens with two attached hydrogens (primary N) is 1. The van der Waals surface area contributed by atoms with Crippen LogP contribution in [-0.2, 0) is 11.3 Å². The van der Waals surface area contributed by atoms with Gasteiger partial charge >= 0.3 is 0 Å². The van der Waals surface area contributed by atoms with Crippen LogP contribution in [0, 0.1) is 5.92 Å². The summed E-state index contributed by atoms with van der Waals surface area (Å²) < 4.78 is 5.42. The fourth-order valence-electron chi connectivity index (χ4n) is 3.21. The Bertz CT molecular complexity index is 419. The molecule has 0 amide bonds. The molecule has 0 saturated carbocycles. The molecule has 3 heterocycles. The first kappa shape index (κ1) is 14.3. The van der Waals surface area contributed by atoms with Gasteiger partial charge in [0.1, 0.15) is 0 Å². The van der Waals surface area contributed by atoms with E-state index >= 15 is 0 Å². The first-order valence-corrected chi connectivity index (χ1v) is 8.34. The van der Waals surface area contributed by atoms with Gasteiger partial charge in [-0.3, -0.25) is 9.80 Å². The number of likely N-dealkylation sites (tertiary alicyclic amines) is 1. The number of hydrogen-bond acceptors (Lipinski definition) is 6. The molecule has 0 bridgehead atoms. The summed E-state index contributed by atoms with van der Waals surface area (Å²) in [7, 11) is 0. The Morgan fingerprint density at radius 3 is 2.90 bits per heavy atom. The summed E-state index contributed by atoms with van der Waals surface area (Å²) in [5, 5.41) is 0.682. The van der Waals surface area contributed by atoms with E-state index in [1.165, 1.54) is 37.4 Å². The van der Waals surface area contributed by atoms with E-state index in [0.717, 1.165) is 38.8 Å². The fourth-order valence-corrected chi connectivity index (χ4v) is 3.94. The molecule has 1 aromatic heterocycles. The van der Waals surface area contributed by atoms with E-state index in [2.05, 4.69) is 14.8 Å². The third-order valence-electron chi connectivity index (χ3n) is 4.17. The van der Waals surface area contributed by atoms with E-state index in [4.69, 9.17) is 10.5 Å². The van der Waals surface area contributed by atoms with Crippen LogP contribution >= 0.6 is 11.3 Å². The number of rotatable bonds is 4. The molecular weight excluding hydrogens is 272 g/mol. The van der Waals surface area contributed by atoms with E-state index < -0.39 is 0 Å². The quantitative estimate of drug-likeness (QED) is 0.907. The monoisotopic (exact) mass is 296 g/mol. The van der Waals surface area contributed by atoms with Crippen molar-refractivity contribution in [3.05, 3.63) is 11.1 Å². The third-order valence-corrected chi connectivity index (χ3v) is 4.99. The smallest absolute Gasteiger partial charge is 0.180 e. The minimum absolute atomic E-state index is 0.682. The minimum atomic E-state index is 0.682. The van der Waals surface area contributed by atoms with Gasteiger partial charge in [0.25, 0.3) is 0 Å². The van der Waals surface area contributed by atoms with Gasteiger partial charge in [-0.15, -0.1) is 11.3 Å². The predicted octanol–water partition coefficient (Wildman–Crippen LogP) is 1.27. The lowest BCUT2D eigenvalue weighted by Crippen LogP contribution is -2.44. The number of thiazole rings is 1. The van der Waals surface area contributed by atoms with Crippen LogP contribution in [-0.4, -0.2) is 60.7 Å². The van der Waals surface area contributed by atoms with E-state index in [0.29, 0.717) is 5.13 Å². The van der Waals surface area contributed by atoms with E-state index in [1.807, 2.05) is 6.20 Å². The van der Waals surface area contributed by atoms with Gasteiger partial charge in [0.2, 0.25) is 0 Å². The Balaban J connectivity index is 1.48. The van der Waals surface area contributed by atoms with Crippen molar-refractivity contribution < 1.29 is 4.74 Å². The molecule has 5 nitrogen and oxygen atoms in total. The van der Waals surface area contributed by atoms with Gasteiger partial charge < -0.3 is 10.5 Å². The van der Waals surface area contributed by atoms with Crippen LogP contribution in [0.5, 0.6) is 0 Å². The molecule has 6 heteroatoms. The number of nitrogen functional groups attached to an aromatic ring is 1. The number of aromatic nitrogens is 1. The van der Waals surface area contributed by atoms with Gasteiger partial charge in [0.05, 0.1) is 13.2 Å². The van der Waals surface area contributed by atoms with Crippen molar-refractivity contribution in [3.63, 3.8) is 0 Å². The molecule has 0 aliphatic carbocycles. The van der Waals surface area contributed by atoms with Crippen molar-refractivity contribution >= 4 is 16.5 Å². The Kier molecular flexibility index (Phi) is 4.88. The molecule has 0 radical (unpaired) electrons. The van der Waals surface area contributed by atoms with Crippen LogP contribution in [0.4, 0.5) is 5.13 Å². The van der Waals surface area contributed by atoms with Gasteiger partial charge in [-0.05, 0) is 25.3 Å². The second-order valence-electron chi connectivity index (χ2n) is 5.82. The maximum absolute atomic E-state index is 5.71. The summed E-state index contributed by atoms with van der Waals surface area (Å²) in [6.07, 6.45) is 4.59. The maximum atomic E-state index is 5.71. The molecular formula is C14H24N4OS. The Morgan fingerprint density at radius 2 is 2.15 bits per heavy atom. The summed E-state index contributed by atoms with van der Waals surface area (Å²) in [5.41, 5.74) is 5.71. The molecule has 2 N–H and O–H groups in total. The highest BCUT2D eigenvalue weighted by atomic mass is 32.1. The SMILES string of the molecule is Nc1ncc(CN2CCC[C@@H](CN3CCOCC3)C2)s1. The second kappa shape index (κ2) is 6.85. The number of ether oxygens (including phenoxy) is 1. The molecule has 1 aromatic rings. The summed E-state index contributed by atoms with van der Waals surface area (Å²) in [5.74, 6) is 0.798. The van der Waals surface area contributed by atoms with Gasteiger partial charge in [0.15, 0.2) is 5.13 Å². The zero-order chi connectivity index (χ0) is 13.8. The molecule has 2 fully saturated rings. The maximum Gasteiger partial charge on any atom is 0.180 e. The lowest BCUT2D eigenvalue weighted by Gasteiger charge is -2.36. The van der Waals surface area contributed by atoms with Crippen molar-refractivity contribution in [3.8, 4) is 0 Å². The number of piperidine rings is 1. The highest BCUT2D eigenvalue weighted by Gasteiger charge is 2.23. The average Bonchev–Trinajstić information content (AvgIpc) is 2.86. The Morgan fingerprint density at radius 1 is 1.30 bits per heavy atom. The fraction of sp³-hybridized carbons (Fsp3) is 0.786. The van der Waals surface area contributed by atoms with E-state index in [9.17, 15) is 0 Å². The largest absolute Gasteiger partial charge is 0.379 e. The summed E-state index contributed by atoms with van der Waals surface area (Å²) in [4.78, 5) is 10.5. The molecule has 2 saturated heterocycles. The van der Waals surface area contributed by atoms with Crippen molar-refractivity contribution in [1.82, 2.24) is 14.8 Å². The van der Waals surface area contributed by atoms with Gasteiger partial charge in [0, 0.05) is 43.8 Å². The predicted molar refractivity (Wildman–Crippen MR) is 81.8 cm³/mol. The van der Waals surface area contributed by atoms with Crippen LogP contribution in [0.25, 0.3) is 0 Å². The van der Waals surface area contributed by atoms with Crippen molar-refractivity contribution in [2.45, 2.75) is 19.4 Å². The molecule has 0 spiro atoms. The highest BCUT2D eigenvalue weighted by molar-refractivity contribution is 7.15. The van der Waals surface area contributed by atoms with Gasteiger partial charge in [-0.2, -0.15) is 0 Å². The number of anilines is 1. The number of morpholine rings is 1. The number of hydrogen-bond donors (Lipinski definition) is 1.